The van der Waals surface area contributed by atoms with Crippen LogP contribution in [0.5, 0.6) is 0 Å². The van der Waals surface area contributed by atoms with Crippen LogP contribution in [-0.2, 0) is 20.3 Å². The molecular weight excluding hydrogens is 625 g/mol. The van der Waals surface area contributed by atoms with E-state index in [9.17, 15) is 18.0 Å². The van der Waals surface area contributed by atoms with Gasteiger partial charge in [-0.3, -0.25) is 10.1 Å². The van der Waals surface area contributed by atoms with Crippen LogP contribution < -0.4 is 15.5 Å². The van der Waals surface area contributed by atoms with Crippen molar-refractivity contribution in [2.45, 2.75) is 45.7 Å². The molecule has 0 radical (unpaired) electrons. The number of urea groups is 1. The van der Waals surface area contributed by atoms with E-state index < -0.39 is 21.0 Å². The summed E-state index contributed by atoms with van der Waals surface area (Å²) in [6, 6.07) is 14.3. The molecule has 16 heteroatoms. The van der Waals surface area contributed by atoms with Crippen LogP contribution in [0.2, 0.25) is 0 Å². The third-order valence-electron chi connectivity index (χ3n) is 7.43. The van der Waals surface area contributed by atoms with Crippen molar-refractivity contribution >= 4 is 61.3 Å². The maximum absolute atomic E-state index is 13.6. The van der Waals surface area contributed by atoms with Gasteiger partial charge in [-0.1, -0.05) is 47.5 Å². The molecule has 2 fully saturated rings. The number of H-pyrrole nitrogens is 1. The van der Waals surface area contributed by atoms with E-state index in [4.69, 9.17) is 4.74 Å². The Morgan fingerprint density at radius 3 is 2.57 bits per heavy atom. The number of tetrazole rings is 1. The van der Waals surface area contributed by atoms with Crippen molar-refractivity contribution in [3.8, 4) is 0 Å². The van der Waals surface area contributed by atoms with Crippen LogP contribution in [0.25, 0.3) is 0 Å². The molecule has 13 nitrogen and oxygen atoms in total. The Morgan fingerprint density at radius 1 is 1.07 bits per heavy atom. The molecule has 1 saturated carbocycles. The molecule has 3 heterocycles. The number of sulfone groups is 1. The van der Waals surface area contributed by atoms with Gasteiger partial charge >= 0.3 is 6.03 Å². The number of benzene rings is 2. The summed E-state index contributed by atoms with van der Waals surface area (Å²) in [6.45, 7) is 2.65. The number of aromatic amines is 1. The van der Waals surface area contributed by atoms with Crippen LogP contribution in [-0.4, -0.2) is 72.1 Å². The van der Waals surface area contributed by atoms with Crippen molar-refractivity contribution in [3.05, 3.63) is 59.8 Å². The van der Waals surface area contributed by atoms with E-state index in [1.807, 2.05) is 42.5 Å². The highest BCUT2D eigenvalue weighted by Crippen LogP contribution is 2.36. The molecule has 2 aliphatic rings. The number of carbonyl (C=O) groups is 2. The molecule has 0 bridgehead atoms. The number of Topliss-reactive ketones (excluding diaryl/α,β-unsaturated/α-hetero) is 1. The van der Waals surface area contributed by atoms with E-state index >= 15 is 0 Å². The number of anilines is 3. The van der Waals surface area contributed by atoms with Crippen LogP contribution in [0.15, 0.2) is 62.8 Å². The number of nitrogens with zero attached hydrogens (tertiary/aromatic N) is 5. The SMILES string of the molecule is O=C(Nc1nc(CSc2ccccc2)c(S(=O)(=O)c2nn[nH]n2)s1)Nc1ccc(N2CCOCC2)cc1C(=O)C1CCCC1. The summed E-state index contributed by atoms with van der Waals surface area (Å²) in [5.41, 5.74) is 1.98. The zero-order valence-electron chi connectivity index (χ0n) is 23.6. The van der Waals surface area contributed by atoms with Gasteiger partial charge in [-0.15, -0.1) is 16.9 Å². The predicted octanol–water partition coefficient (Wildman–Crippen LogP) is 4.63. The summed E-state index contributed by atoms with van der Waals surface area (Å²) in [5, 5.41) is 17.9. The van der Waals surface area contributed by atoms with Gasteiger partial charge in [0.15, 0.2) is 15.1 Å². The Labute approximate surface area is 262 Å². The number of hydrogen-bond donors (Lipinski definition) is 3. The fraction of sp³-hybridized carbons (Fsp3) is 0.357. The fourth-order valence-electron chi connectivity index (χ4n) is 5.23. The molecule has 1 aliphatic heterocycles. The highest BCUT2D eigenvalue weighted by molar-refractivity contribution is 7.98. The van der Waals surface area contributed by atoms with Gasteiger partial charge in [0.05, 0.1) is 24.6 Å². The summed E-state index contributed by atoms with van der Waals surface area (Å²) in [5.74, 6) is 0.148. The van der Waals surface area contributed by atoms with Crippen molar-refractivity contribution in [3.63, 3.8) is 0 Å². The zero-order chi connectivity index (χ0) is 30.5. The van der Waals surface area contributed by atoms with Crippen LogP contribution in [0.4, 0.5) is 21.3 Å². The third-order valence-corrected chi connectivity index (χ3v) is 11.5. The van der Waals surface area contributed by atoms with Gasteiger partial charge in [0.1, 0.15) is 0 Å². The second-order valence-corrected chi connectivity index (χ2v) is 14.4. The lowest BCUT2D eigenvalue weighted by atomic mass is 9.94. The van der Waals surface area contributed by atoms with Gasteiger partial charge in [0, 0.05) is 40.9 Å². The maximum Gasteiger partial charge on any atom is 0.325 e. The first-order chi connectivity index (χ1) is 21.4. The van der Waals surface area contributed by atoms with Gasteiger partial charge in [-0.25, -0.2) is 18.2 Å². The minimum absolute atomic E-state index is 0.0101. The minimum Gasteiger partial charge on any atom is -0.378 e. The molecule has 0 spiro atoms. The topological polar surface area (TPSA) is 172 Å². The molecule has 0 atom stereocenters. The highest BCUT2D eigenvalue weighted by Gasteiger charge is 2.31. The number of ketones is 1. The average molecular weight is 655 g/mol. The Morgan fingerprint density at radius 2 is 1.84 bits per heavy atom. The first-order valence-electron chi connectivity index (χ1n) is 14.1. The number of nitrogens with one attached hydrogen (secondary N) is 3. The summed E-state index contributed by atoms with van der Waals surface area (Å²) in [7, 11) is -4.15. The molecule has 0 unspecified atom stereocenters. The molecule has 230 valence electrons. The van der Waals surface area contributed by atoms with E-state index in [1.165, 1.54) is 11.8 Å². The smallest absolute Gasteiger partial charge is 0.325 e. The van der Waals surface area contributed by atoms with Crippen molar-refractivity contribution in [2.75, 3.05) is 41.8 Å². The lowest BCUT2D eigenvalue weighted by Gasteiger charge is -2.29. The second kappa shape index (κ2) is 13.4. The second-order valence-electron chi connectivity index (χ2n) is 10.3. The third kappa shape index (κ3) is 6.77. The summed E-state index contributed by atoms with van der Waals surface area (Å²) in [4.78, 5) is 34.4. The molecule has 44 heavy (non-hydrogen) atoms. The summed E-state index contributed by atoms with van der Waals surface area (Å²) in [6.07, 6.45) is 3.67. The molecule has 1 aliphatic carbocycles. The monoisotopic (exact) mass is 654 g/mol. The standard InChI is InChI=1S/C28H30N8O5S3/c37-24(18-6-4-5-7-18)21-16-19(36-12-14-41-15-13-36)10-11-22(21)29-26(38)31-27-30-23(17-42-20-8-2-1-3-9-20)25(43-27)44(39,40)28-32-34-35-33-28/h1-3,8-11,16,18H,4-7,12-15,17H2,(H2,29,30,31,38)(H,32,33,34,35). The zero-order valence-corrected chi connectivity index (χ0v) is 26.0. The predicted molar refractivity (Wildman–Crippen MR) is 166 cm³/mol. The van der Waals surface area contributed by atoms with Crippen LogP contribution in [0.3, 0.4) is 0 Å². The van der Waals surface area contributed by atoms with Crippen molar-refractivity contribution < 1.29 is 22.7 Å². The Bertz CT molecular complexity index is 1720. The molecule has 2 amide bonds. The Hall–Kier alpha value is -3.86. The molecule has 6 rings (SSSR count). The first-order valence-corrected chi connectivity index (χ1v) is 17.4. The summed E-state index contributed by atoms with van der Waals surface area (Å²) >= 11 is 2.20. The maximum atomic E-state index is 13.6. The van der Waals surface area contributed by atoms with E-state index in [0.29, 0.717) is 37.6 Å². The molecule has 2 aromatic heterocycles. The van der Waals surface area contributed by atoms with Gasteiger partial charge in [-0.2, -0.15) is 5.21 Å². The molecule has 3 N–H and O–H groups in total. The van der Waals surface area contributed by atoms with E-state index in [-0.39, 0.29) is 32.5 Å². The Kier molecular flexibility index (Phi) is 9.20. The number of amides is 2. The van der Waals surface area contributed by atoms with E-state index in [1.54, 1.807) is 6.07 Å². The normalized spacial score (nSPS) is 15.8. The quantitative estimate of drug-likeness (QED) is 0.161. The number of thioether (sulfide) groups is 1. The number of thiazole rings is 1. The lowest BCUT2D eigenvalue weighted by Crippen LogP contribution is -2.36. The van der Waals surface area contributed by atoms with Gasteiger partial charge < -0.3 is 15.0 Å². The summed E-state index contributed by atoms with van der Waals surface area (Å²) < 4.78 is 32.0. The van der Waals surface area contributed by atoms with Crippen LogP contribution in [0, 0.1) is 5.92 Å². The number of hydrogen-bond acceptors (Lipinski definition) is 12. The number of rotatable bonds is 10. The van der Waals surface area contributed by atoms with E-state index in [2.05, 4.69) is 41.1 Å². The average Bonchev–Trinajstić information content (AvgIpc) is 3.84. The largest absolute Gasteiger partial charge is 0.378 e. The number of morpholine rings is 1. The molecule has 4 aromatic rings. The number of ether oxygens (including phenoxy) is 1. The first kappa shape index (κ1) is 30.2. The minimum atomic E-state index is -4.15. The highest BCUT2D eigenvalue weighted by atomic mass is 32.2. The van der Waals surface area contributed by atoms with Gasteiger partial charge in [-0.05, 0) is 48.4 Å². The van der Waals surface area contributed by atoms with Crippen molar-refractivity contribution in [2.24, 2.45) is 5.92 Å². The van der Waals surface area contributed by atoms with Crippen molar-refractivity contribution in [1.82, 2.24) is 25.6 Å². The molecule has 1 saturated heterocycles. The van der Waals surface area contributed by atoms with Crippen LogP contribution in [0.1, 0.15) is 41.7 Å². The van der Waals surface area contributed by atoms with E-state index in [0.717, 1.165) is 47.6 Å². The molecule has 2 aromatic carbocycles. The Balaban J connectivity index is 1.25. The number of aromatic nitrogens is 5. The fourth-order valence-corrected chi connectivity index (χ4v) is 8.79. The van der Waals surface area contributed by atoms with Crippen LogP contribution >= 0.6 is 23.1 Å². The number of carbonyl (C=O) groups excluding carboxylic acids is 2. The van der Waals surface area contributed by atoms with Gasteiger partial charge in [0.2, 0.25) is 0 Å². The lowest BCUT2D eigenvalue weighted by molar-refractivity contribution is 0.0923. The molecular formula is C28H30N8O5S3. The van der Waals surface area contributed by atoms with Gasteiger partial charge in [0.25, 0.3) is 15.0 Å². The van der Waals surface area contributed by atoms with Crippen molar-refractivity contribution in [1.29, 1.82) is 0 Å².